The number of hydrogen-bond acceptors (Lipinski definition) is 4. The zero-order valence-corrected chi connectivity index (χ0v) is 11.4. The third kappa shape index (κ3) is 4.39. The van der Waals surface area contributed by atoms with Crippen LogP contribution in [0.3, 0.4) is 0 Å². The standard InChI is InChI=1S/C13H22N2OS/c1-2-14-10-12-4-5-13(17-12)11-15-6-3-8-16-9-7-15/h4-5,14H,2-3,6-11H2,1H3. The number of ether oxygens (including phenoxy) is 1. The highest BCUT2D eigenvalue weighted by atomic mass is 32.1. The molecule has 0 unspecified atom stereocenters. The fourth-order valence-corrected chi connectivity index (χ4v) is 3.06. The second kappa shape index (κ2) is 7.11. The van der Waals surface area contributed by atoms with Crippen molar-refractivity contribution in [1.82, 2.24) is 10.2 Å². The van der Waals surface area contributed by atoms with Crippen molar-refractivity contribution in [3.8, 4) is 0 Å². The molecule has 0 amide bonds. The average molecular weight is 254 g/mol. The maximum absolute atomic E-state index is 5.47. The number of thiophene rings is 1. The van der Waals surface area contributed by atoms with Crippen molar-refractivity contribution in [2.45, 2.75) is 26.4 Å². The summed E-state index contributed by atoms with van der Waals surface area (Å²) in [5.41, 5.74) is 0. The van der Waals surface area contributed by atoms with Gasteiger partial charge in [-0.15, -0.1) is 11.3 Å². The lowest BCUT2D eigenvalue weighted by Crippen LogP contribution is -2.25. The number of nitrogens with one attached hydrogen (secondary N) is 1. The third-order valence-electron chi connectivity index (χ3n) is 2.96. The Morgan fingerprint density at radius 3 is 3.06 bits per heavy atom. The van der Waals surface area contributed by atoms with Gasteiger partial charge in [-0.1, -0.05) is 6.92 Å². The normalized spacial score (nSPS) is 18.2. The van der Waals surface area contributed by atoms with Gasteiger partial charge < -0.3 is 10.1 Å². The van der Waals surface area contributed by atoms with Gasteiger partial charge in [-0.05, 0) is 25.1 Å². The minimum atomic E-state index is 0.885. The molecular weight excluding hydrogens is 232 g/mol. The summed E-state index contributed by atoms with van der Waals surface area (Å²) in [6.07, 6.45) is 1.16. The zero-order chi connectivity index (χ0) is 11.9. The highest BCUT2D eigenvalue weighted by molar-refractivity contribution is 7.11. The predicted molar refractivity (Wildman–Crippen MR) is 72.4 cm³/mol. The van der Waals surface area contributed by atoms with Crippen LogP contribution in [0.25, 0.3) is 0 Å². The van der Waals surface area contributed by atoms with E-state index < -0.39 is 0 Å². The van der Waals surface area contributed by atoms with Crippen molar-refractivity contribution in [3.05, 3.63) is 21.9 Å². The SMILES string of the molecule is CCNCc1ccc(CN2CCCOCC2)s1. The summed E-state index contributed by atoms with van der Waals surface area (Å²) in [5, 5.41) is 3.37. The first-order valence-electron chi connectivity index (χ1n) is 6.47. The fraction of sp³-hybridized carbons (Fsp3) is 0.692. The third-order valence-corrected chi connectivity index (χ3v) is 4.03. The summed E-state index contributed by atoms with van der Waals surface area (Å²) < 4.78 is 5.47. The molecule has 0 aliphatic carbocycles. The molecule has 0 aromatic carbocycles. The molecule has 0 saturated carbocycles. The Morgan fingerprint density at radius 1 is 1.29 bits per heavy atom. The van der Waals surface area contributed by atoms with Gasteiger partial charge in [0, 0.05) is 42.5 Å². The summed E-state index contributed by atoms with van der Waals surface area (Å²) in [4.78, 5) is 5.41. The first-order chi connectivity index (χ1) is 8.38. The van der Waals surface area contributed by atoms with Gasteiger partial charge in [0.2, 0.25) is 0 Å². The van der Waals surface area contributed by atoms with E-state index in [2.05, 4.69) is 29.3 Å². The van der Waals surface area contributed by atoms with Crippen LogP contribution in [0.5, 0.6) is 0 Å². The molecular formula is C13H22N2OS. The summed E-state index contributed by atoms with van der Waals surface area (Å²) in [5.74, 6) is 0. The molecule has 0 atom stereocenters. The van der Waals surface area contributed by atoms with Crippen LogP contribution in [0.4, 0.5) is 0 Å². The van der Waals surface area contributed by atoms with Gasteiger partial charge in [0.25, 0.3) is 0 Å². The van der Waals surface area contributed by atoms with E-state index in [1.807, 2.05) is 11.3 Å². The number of nitrogens with zero attached hydrogens (tertiary/aromatic N) is 1. The molecule has 2 rings (SSSR count). The minimum Gasteiger partial charge on any atom is -0.380 e. The Labute approximate surface area is 108 Å². The van der Waals surface area contributed by atoms with E-state index in [1.54, 1.807) is 0 Å². The molecule has 1 aromatic heterocycles. The lowest BCUT2D eigenvalue weighted by Gasteiger charge is -2.17. The van der Waals surface area contributed by atoms with Crippen molar-refractivity contribution < 1.29 is 4.74 Å². The molecule has 1 aromatic rings. The second-order valence-corrected chi connectivity index (χ2v) is 5.64. The molecule has 17 heavy (non-hydrogen) atoms. The van der Waals surface area contributed by atoms with Crippen LogP contribution in [-0.4, -0.2) is 37.7 Å². The van der Waals surface area contributed by atoms with E-state index in [9.17, 15) is 0 Å². The van der Waals surface area contributed by atoms with Crippen LogP contribution < -0.4 is 5.32 Å². The van der Waals surface area contributed by atoms with E-state index in [0.717, 1.165) is 45.8 Å². The molecule has 96 valence electrons. The van der Waals surface area contributed by atoms with E-state index >= 15 is 0 Å². The lowest BCUT2D eigenvalue weighted by molar-refractivity contribution is 0.140. The Bertz CT molecular complexity index is 319. The molecule has 0 radical (unpaired) electrons. The van der Waals surface area contributed by atoms with Crippen molar-refractivity contribution in [1.29, 1.82) is 0 Å². The molecule has 0 bridgehead atoms. The van der Waals surface area contributed by atoms with E-state index in [-0.39, 0.29) is 0 Å². The van der Waals surface area contributed by atoms with Crippen LogP contribution in [0, 0.1) is 0 Å². The van der Waals surface area contributed by atoms with Crippen molar-refractivity contribution in [2.24, 2.45) is 0 Å². The van der Waals surface area contributed by atoms with Crippen molar-refractivity contribution >= 4 is 11.3 Å². The van der Waals surface area contributed by atoms with Crippen LogP contribution in [0.15, 0.2) is 12.1 Å². The first-order valence-corrected chi connectivity index (χ1v) is 7.28. The predicted octanol–water partition coefficient (Wildman–Crippen LogP) is 2.08. The van der Waals surface area contributed by atoms with Gasteiger partial charge in [-0.3, -0.25) is 4.90 Å². The molecule has 1 aliphatic rings. The second-order valence-electron chi connectivity index (χ2n) is 4.39. The Hall–Kier alpha value is -0.420. The average Bonchev–Trinajstić information content (AvgIpc) is 2.61. The summed E-state index contributed by atoms with van der Waals surface area (Å²) in [7, 11) is 0. The molecule has 3 nitrogen and oxygen atoms in total. The molecule has 4 heteroatoms. The van der Waals surface area contributed by atoms with Crippen molar-refractivity contribution in [2.75, 3.05) is 32.8 Å². The van der Waals surface area contributed by atoms with E-state index in [0.29, 0.717) is 0 Å². The quantitative estimate of drug-likeness (QED) is 0.870. The van der Waals surface area contributed by atoms with Gasteiger partial charge in [-0.2, -0.15) is 0 Å². The maximum Gasteiger partial charge on any atom is 0.0593 e. The maximum atomic E-state index is 5.47. The Morgan fingerprint density at radius 2 is 2.18 bits per heavy atom. The number of rotatable bonds is 5. The highest BCUT2D eigenvalue weighted by Crippen LogP contribution is 2.18. The largest absolute Gasteiger partial charge is 0.380 e. The van der Waals surface area contributed by atoms with Gasteiger partial charge in [-0.25, -0.2) is 0 Å². The van der Waals surface area contributed by atoms with Gasteiger partial charge in [0.1, 0.15) is 0 Å². The molecule has 1 saturated heterocycles. The monoisotopic (exact) mass is 254 g/mol. The molecule has 1 fully saturated rings. The van der Waals surface area contributed by atoms with Crippen LogP contribution in [-0.2, 0) is 17.8 Å². The summed E-state index contributed by atoms with van der Waals surface area (Å²) >= 11 is 1.93. The Kier molecular flexibility index (Phi) is 5.45. The highest BCUT2D eigenvalue weighted by Gasteiger charge is 2.10. The Balaban J connectivity index is 1.82. The van der Waals surface area contributed by atoms with E-state index in [1.165, 1.54) is 16.3 Å². The van der Waals surface area contributed by atoms with Crippen LogP contribution >= 0.6 is 11.3 Å². The molecule has 2 heterocycles. The number of hydrogen-bond donors (Lipinski definition) is 1. The molecule has 1 N–H and O–H groups in total. The van der Waals surface area contributed by atoms with Gasteiger partial charge in [0.15, 0.2) is 0 Å². The van der Waals surface area contributed by atoms with Gasteiger partial charge >= 0.3 is 0 Å². The van der Waals surface area contributed by atoms with Crippen LogP contribution in [0.2, 0.25) is 0 Å². The van der Waals surface area contributed by atoms with Gasteiger partial charge in [0.05, 0.1) is 6.61 Å². The molecule has 1 aliphatic heterocycles. The molecule has 0 spiro atoms. The topological polar surface area (TPSA) is 24.5 Å². The first kappa shape index (κ1) is 13.0. The van der Waals surface area contributed by atoms with Crippen molar-refractivity contribution in [3.63, 3.8) is 0 Å². The smallest absolute Gasteiger partial charge is 0.0593 e. The summed E-state index contributed by atoms with van der Waals surface area (Å²) in [6, 6.07) is 4.51. The summed E-state index contributed by atoms with van der Waals surface area (Å²) in [6.45, 7) is 9.32. The minimum absolute atomic E-state index is 0.885. The zero-order valence-electron chi connectivity index (χ0n) is 10.6. The fourth-order valence-electron chi connectivity index (χ4n) is 2.03. The van der Waals surface area contributed by atoms with E-state index in [4.69, 9.17) is 4.74 Å². The lowest BCUT2D eigenvalue weighted by atomic mass is 10.3. The van der Waals surface area contributed by atoms with Crippen LogP contribution in [0.1, 0.15) is 23.1 Å².